The summed E-state index contributed by atoms with van der Waals surface area (Å²) >= 11 is 0. The first-order valence-corrected chi connectivity index (χ1v) is 9.41. The Labute approximate surface area is 177 Å². The van der Waals surface area contributed by atoms with E-state index >= 15 is 0 Å². The van der Waals surface area contributed by atoms with Crippen LogP contribution in [0, 0.1) is 5.82 Å². The number of hydrogen-bond acceptors (Lipinski definition) is 3. The number of carbonyl (C=O) groups is 1. The molecule has 1 aromatic rings. The summed E-state index contributed by atoms with van der Waals surface area (Å²) in [6, 6.07) is 6.62. The SMILES string of the molecule is CN=C(NCC(=O)N1CCCCC1)N1CCN(c2ccc(F)cc2)CC1.I. The van der Waals surface area contributed by atoms with E-state index in [2.05, 4.69) is 20.1 Å². The molecule has 8 heteroatoms. The van der Waals surface area contributed by atoms with Gasteiger partial charge in [0.15, 0.2) is 5.96 Å². The topological polar surface area (TPSA) is 51.2 Å². The molecule has 0 bridgehead atoms. The van der Waals surface area contributed by atoms with Gasteiger partial charge in [-0.3, -0.25) is 9.79 Å². The lowest BCUT2D eigenvalue weighted by molar-refractivity contribution is -0.130. The number of anilines is 1. The highest BCUT2D eigenvalue weighted by Crippen LogP contribution is 2.17. The van der Waals surface area contributed by atoms with Gasteiger partial charge in [0.05, 0.1) is 6.54 Å². The zero-order valence-corrected chi connectivity index (χ0v) is 18.2. The average Bonchev–Trinajstić information content (AvgIpc) is 2.70. The summed E-state index contributed by atoms with van der Waals surface area (Å²) in [5.41, 5.74) is 1.04. The Kier molecular flexibility index (Phi) is 8.59. The highest BCUT2D eigenvalue weighted by atomic mass is 127. The standard InChI is InChI=1S/C19H28FN5O.HI/c1-21-19(22-15-18(26)24-9-3-2-4-10-24)25-13-11-23(12-14-25)17-7-5-16(20)6-8-17;/h5-8H,2-4,9-15H2,1H3,(H,21,22);1H. The van der Waals surface area contributed by atoms with Crippen molar-refractivity contribution in [1.29, 1.82) is 0 Å². The molecule has 0 unspecified atom stereocenters. The maximum Gasteiger partial charge on any atom is 0.241 e. The summed E-state index contributed by atoms with van der Waals surface area (Å²) < 4.78 is 13.1. The first-order chi connectivity index (χ1) is 12.7. The zero-order valence-electron chi connectivity index (χ0n) is 15.9. The van der Waals surface area contributed by atoms with Crippen LogP contribution in [0.1, 0.15) is 19.3 Å². The highest BCUT2D eigenvalue weighted by Gasteiger charge is 2.21. The van der Waals surface area contributed by atoms with Crippen LogP contribution in [0.5, 0.6) is 0 Å². The molecule has 1 amide bonds. The van der Waals surface area contributed by atoms with E-state index < -0.39 is 0 Å². The molecule has 0 aromatic heterocycles. The fourth-order valence-corrected chi connectivity index (χ4v) is 3.57. The maximum atomic E-state index is 13.1. The molecule has 0 spiro atoms. The fourth-order valence-electron chi connectivity index (χ4n) is 3.57. The smallest absolute Gasteiger partial charge is 0.241 e. The Morgan fingerprint density at radius 1 is 1.00 bits per heavy atom. The summed E-state index contributed by atoms with van der Waals surface area (Å²) in [6.07, 6.45) is 3.43. The van der Waals surface area contributed by atoms with E-state index in [1.165, 1.54) is 18.6 Å². The lowest BCUT2D eigenvalue weighted by Crippen LogP contribution is -2.54. The Balaban J connectivity index is 0.00000261. The summed E-state index contributed by atoms with van der Waals surface area (Å²) in [5.74, 6) is 0.709. The number of piperidine rings is 1. The van der Waals surface area contributed by atoms with Crippen LogP contribution in [-0.2, 0) is 4.79 Å². The van der Waals surface area contributed by atoms with Gasteiger partial charge in [-0.2, -0.15) is 0 Å². The Hall–Kier alpha value is -1.58. The normalized spacial score (nSPS) is 18.1. The van der Waals surface area contributed by atoms with Crippen LogP contribution in [0.4, 0.5) is 10.1 Å². The third-order valence-electron chi connectivity index (χ3n) is 5.09. The number of hydrogen-bond donors (Lipinski definition) is 1. The first kappa shape index (κ1) is 21.7. The molecule has 27 heavy (non-hydrogen) atoms. The molecule has 2 fully saturated rings. The van der Waals surface area contributed by atoms with Crippen molar-refractivity contribution in [3.63, 3.8) is 0 Å². The number of nitrogens with zero attached hydrogens (tertiary/aromatic N) is 4. The molecule has 6 nitrogen and oxygen atoms in total. The third kappa shape index (κ3) is 5.95. The van der Waals surface area contributed by atoms with Crippen LogP contribution in [0.3, 0.4) is 0 Å². The molecule has 3 rings (SSSR count). The predicted molar refractivity (Wildman–Crippen MR) is 117 cm³/mol. The van der Waals surface area contributed by atoms with Crippen molar-refractivity contribution >= 4 is 41.5 Å². The number of aliphatic imine (C=N–C) groups is 1. The van der Waals surface area contributed by atoms with E-state index in [-0.39, 0.29) is 35.7 Å². The number of guanidine groups is 1. The number of amides is 1. The molecule has 2 aliphatic heterocycles. The van der Waals surface area contributed by atoms with Crippen molar-refractivity contribution in [2.45, 2.75) is 19.3 Å². The van der Waals surface area contributed by atoms with Crippen molar-refractivity contribution in [3.8, 4) is 0 Å². The summed E-state index contributed by atoms with van der Waals surface area (Å²) in [5, 5.41) is 3.21. The van der Waals surface area contributed by atoms with Crippen molar-refractivity contribution in [1.82, 2.24) is 15.1 Å². The second-order valence-electron chi connectivity index (χ2n) is 6.79. The number of halogens is 2. The van der Waals surface area contributed by atoms with Crippen LogP contribution in [0.15, 0.2) is 29.3 Å². The minimum absolute atomic E-state index is 0. The van der Waals surface area contributed by atoms with E-state index in [1.807, 2.05) is 17.0 Å². The van der Waals surface area contributed by atoms with Gasteiger partial charge < -0.3 is 20.0 Å². The largest absolute Gasteiger partial charge is 0.368 e. The molecule has 1 N–H and O–H groups in total. The predicted octanol–water partition coefficient (Wildman–Crippen LogP) is 2.15. The minimum atomic E-state index is -0.213. The molecule has 2 saturated heterocycles. The van der Waals surface area contributed by atoms with Gasteiger partial charge in [0, 0.05) is 52.0 Å². The molecule has 0 aliphatic carbocycles. The Morgan fingerprint density at radius 3 is 2.22 bits per heavy atom. The lowest BCUT2D eigenvalue weighted by atomic mass is 10.1. The molecule has 1 aromatic carbocycles. The lowest BCUT2D eigenvalue weighted by Gasteiger charge is -2.37. The number of carbonyl (C=O) groups excluding carboxylic acids is 1. The molecular weight excluding hydrogens is 460 g/mol. The van der Waals surface area contributed by atoms with E-state index in [0.717, 1.165) is 63.8 Å². The second kappa shape index (κ2) is 10.7. The number of nitrogens with one attached hydrogen (secondary N) is 1. The number of likely N-dealkylation sites (tertiary alicyclic amines) is 1. The van der Waals surface area contributed by atoms with Gasteiger partial charge in [0.25, 0.3) is 0 Å². The van der Waals surface area contributed by atoms with Crippen molar-refractivity contribution in [3.05, 3.63) is 30.1 Å². The van der Waals surface area contributed by atoms with E-state index in [4.69, 9.17) is 0 Å². The average molecular weight is 489 g/mol. The van der Waals surface area contributed by atoms with Crippen LogP contribution >= 0.6 is 24.0 Å². The second-order valence-corrected chi connectivity index (χ2v) is 6.79. The molecule has 150 valence electrons. The summed E-state index contributed by atoms with van der Waals surface area (Å²) in [4.78, 5) is 23.0. The third-order valence-corrected chi connectivity index (χ3v) is 5.09. The number of rotatable bonds is 3. The Bertz CT molecular complexity index is 625. The van der Waals surface area contributed by atoms with Gasteiger partial charge in [-0.25, -0.2) is 4.39 Å². The van der Waals surface area contributed by atoms with Gasteiger partial charge in [-0.1, -0.05) is 0 Å². The summed E-state index contributed by atoms with van der Waals surface area (Å²) in [6.45, 7) is 5.35. The fraction of sp³-hybridized carbons (Fsp3) is 0.579. The monoisotopic (exact) mass is 489 g/mol. The molecule has 2 aliphatic rings. The zero-order chi connectivity index (χ0) is 18.4. The van der Waals surface area contributed by atoms with Crippen molar-refractivity contribution in [2.75, 3.05) is 57.8 Å². The van der Waals surface area contributed by atoms with Gasteiger partial charge >= 0.3 is 0 Å². The van der Waals surface area contributed by atoms with Crippen molar-refractivity contribution in [2.24, 2.45) is 4.99 Å². The van der Waals surface area contributed by atoms with Crippen molar-refractivity contribution < 1.29 is 9.18 Å². The minimum Gasteiger partial charge on any atom is -0.368 e. The molecule has 0 atom stereocenters. The maximum absolute atomic E-state index is 13.1. The molecule has 0 saturated carbocycles. The van der Waals surface area contributed by atoms with Crippen LogP contribution in [-0.4, -0.2) is 74.5 Å². The molecular formula is C19H29FIN5O. The Morgan fingerprint density at radius 2 is 1.63 bits per heavy atom. The van der Waals surface area contributed by atoms with Gasteiger partial charge in [-0.15, -0.1) is 24.0 Å². The first-order valence-electron chi connectivity index (χ1n) is 9.41. The molecule has 2 heterocycles. The molecule has 0 radical (unpaired) electrons. The van der Waals surface area contributed by atoms with E-state index in [1.54, 1.807) is 7.05 Å². The van der Waals surface area contributed by atoms with Gasteiger partial charge in [0.2, 0.25) is 5.91 Å². The van der Waals surface area contributed by atoms with E-state index in [0.29, 0.717) is 6.54 Å². The number of benzene rings is 1. The highest BCUT2D eigenvalue weighted by molar-refractivity contribution is 14.0. The quantitative estimate of drug-likeness (QED) is 0.402. The van der Waals surface area contributed by atoms with Crippen LogP contribution in [0.25, 0.3) is 0 Å². The number of piperazine rings is 1. The van der Waals surface area contributed by atoms with E-state index in [9.17, 15) is 9.18 Å². The van der Waals surface area contributed by atoms with Gasteiger partial charge in [0.1, 0.15) is 5.82 Å². The van der Waals surface area contributed by atoms with Gasteiger partial charge in [-0.05, 0) is 43.5 Å². The summed E-state index contributed by atoms with van der Waals surface area (Å²) in [7, 11) is 1.75. The van der Waals surface area contributed by atoms with Crippen LogP contribution < -0.4 is 10.2 Å². The van der Waals surface area contributed by atoms with Crippen LogP contribution in [0.2, 0.25) is 0 Å².